The molecule has 3 amide bonds. The van der Waals surface area contributed by atoms with Gasteiger partial charge in [-0.05, 0) is 125 Å². The summed E-state index contributed by atoms with van der Waals surface area (Å²) >= 11 is 0. The topological polar surface area (TPSA) is 119 Å². The quantitative estimate of drug-likeness (QED) is 0.102. The summed E-state index contributed by atoms with van der Waals surface area (Å²) in [6, 6.07) is 24.6. The SMILES string of the molecule is CCC1=NCC(=O)N1C1CCC(CO[C@H](C)c2cc(C)cc(C(F)(F)F)c2)(c2ccccc2)CC1.COCC(=O)CNC(=O)NC1CCC(CO[C@H](C)c2cc(C(F)(F)F)cc(C(F)(F)F)c2)(c2ccccc2)CC1. The molecule has 4 aromatic rings. The number of hydrogen-bond acceptors (Lipinski definition) is 7. The molecule has 0 bridgehead atoms. The zero-order valence-electron chi connectivity index (χ0n) is 42.7. The summed E-state index contributed by atoms with van der Waals surface area (Å²) in [4.78, 5) is 42.5. The lowest BCUT2D eigenvalue weighted by Gasteiger charge is -2.43. The molecule has 0 unspecified atom stereocenters. The maximum Gasteiger partial charge on any atom is 0.416 e. The van der Waals surface area contributed by atoms with E-state index in [0.29, 0.717) is 55.5 Å². The molecule has 75 heavy (non-hydrogen) atoms. The molecule has 0 saturated heterocycles. The Labute approximate surface area is 431 Å². The average Bonchev–Trinajstić information content (AvgIpc) is 3.76. The number of methoxy groups -OCH3 is 1. The zero-order valence-corrected chi connectivity index (χ0v) is 42.7. The summed E-state index contributed by atoms with van der Waals surface area (Å²) in [5.41, 5.74) is -1.28. The number of alkyl halides is 9. The maximum atomic E-state index is 13.3. The molecule has 7 rings (SSSR count). The second-order valence-electron chi connectivity index (χ2n) is 19.8. The highest BCUT2D eigenvalue weighted by Crippen LogP contribution is 2.45. The molecule has 2 saturated carbocycles. The van der Waals surface area contributed by atoms with E-state index >= 15 is 0 Å². The van der Waals surface area contributed by atoms with Gasteiger partial charge in [-0.15, -0.1) is 0 Å². The normalized spacial score (nSPS) is 22.1. The van der Waals surface area contributed by atoms with Crippen LogP contribution >= 0.6 is 0 Å². The van der Waals surface area contributed by atoms with E-state index in [9.17, 15) is 53.9 Å². The van der Waals surface area contributed by atoms with Gasteiger partial charge in [-0.2, -0.15) is 39.5 Å². The number of carbonyl (C=O) groups is 3. The van der Waals surface area contributed by atoms with Crippen molar-refractivity contribution in [3.05, 3.63) is 142 Å². The van der Waals surface area contributed by atoms with Crippen molar-refractivity contribution >= 4 is 23.6 Å². The van der Waals surface area contributed by atoms with Crippen LogP contribution in [0.5, 0.6) is 0 Å². The molecule has 2 aliphatic carbocycles. The van der Waals surface area contributed by atoms with Crippen LogP contribution in [0, 0.1) is 6.92 Å². The van der Waals surface area contributed by atoms with E-state index in [4.69, 9.17) is 14.2 Å². The molecule has 0 aromatic heterocycles. The number of amides is 3. The Morgan fingerprint density at radius 3 is 1.60 bits per heavy atom. The molecule has 1 aliphatic heterocycles. The van der Waals surface area contributed by atoms with Crippen LogP contribution in [0.1, 0.15) is 135 Å². The van der Waals surface area contributed by atoms with Crippen molar-refractivity contribution in [3.63, 3.8) is 0 Å². The first-order valence-corrected chi connectivity index (χ1v) is 25.1. The number of nitrogens with zero attached hydrogens (tertiary/aromatic N) is 2. The number of hydrogen-bond donors (Lipinski definition) is 2. The number of ether oxygens (including phenoxy) is 3. The molecule has 2 N–H and O–H groups in total. The van der Waals surface area contributed by atoms with Crippen molar-refractivity contribution in [1.29, 1.82) is 0 Å². The van der Waals surface area contributed by atoms with Gasteiger partial charge in [-0.3, -0.25) is 19.5 Å². The third-order valence-corrected chi connectivity index (χ3v) is 14.5. The number of ketones is 1. The number of aryl methyl sites for hydroxylation is 1. The molecule has 3 aliphatic rings. The fraction of sp³-hybridized carbons (Fsp3) is 0.500. The molecule has 19 heteroatoms. The minimum Gasteiger partial charge on any atom is -0.377 e. The number of Topliss-reactive ketones (excluding diaryl/α,β-unsaturated/α-hetero) is 1. The molecule has 0 spiro atoms. The highest BCUT2D eigenvalue weighted by atomic mass is 19.4. The molecule has 10 nitrogen and oxygen atoms in total. The number of rotatable bonds is 17. The first-order chi connectivity index (χ1) is 35.4. The number of halogens is 9. The fourth-order valence-corrected chi connectivity index (χ4v) is 10.3. The Bertz CT molecular complexity index is 2540. The van der Waals surface area contributed by atoms with Gasteiger partial charge in [-0.1, -0.05) is 79.2 Å². The second kappa shape index (κ2) is 24.9. The van der Waals surface area contributed by atoms with Crippen molar-refractivity contribution in [2.24, 2.45) is 4.99 Å². The van der Waals surface area contributed by atoms with Crippen LogP contribution < -0.4 is 10.6 Å². The number of aliphatic imine (C=N–C) groups is 1. The van der Waals surface area contributed by atoms with Gasteiger partial charge in [0.25, 0.3) is 0 Å². The second-order valence-corrected chi connectivity index (χ2v) is 19.8. The van der Waals surface area contributed by atoms with Gasteiger partial charge in [0.15, 0.2) is 5.78 Å². The smallest absolute Gasteiger partial charge is 0.377 e. The van der Waals surface area contributed by atoms with Crippen LogP contribution in [0.2, 0.25) is 0 Å². The van der Waals surface area contributed by atoms with Crippen LogP contribution in [0.3, 0.4) is 0 Å². The number of nitrogens with one attached hydrogen (secondary N) is 2. The van der Waals surface area contributed by atoms with Gasteiger partial charge >= 0.3 is 24.6 Å². The van der Waals surface area contributed by atoms with Gasteiger partial charge in [-0.25, -0.2) is 4.79 Å². The monoisotopic (exact) mass is 1060 g/mol. The molecule has 2 atom stereocenters. The summed E-state index contributed by atoms with van der Waals surface area (Å²) in [6.07, 6.45) is -9.55. The van der Waals surface area contributed by atoms with Gasteiger partial charge in [0.2, 0.25) is 5.91 Å². The fourth-order valence-electron chi connectivity index (χ4n) is 10.3. The Balaban J connectivity index is 0.000000246. The Morgan fingerprint density at radius 1 is 0.693 bits per heavy atom. The van der Waals surface area contributed by atoms with E-state index in [0.717, 1.165) is 49.6 Å². The predicted molar refractivity (Wildman–Crippen MR) is 265 cm³/mol. The van der Waals surface area contributed by atoms with Gasteiger partial charge < -0.3 is 24.8 Å². The van der Waals surface area contributed by atoms with Gasteiger partial charge in [0, 0.05) is 36.4 Å². The molecular formula is C56H65F9N4O6. The van der Waals surface area contributed by atoms with E-state index in [2.05, 4.69) is 27.8 Å². The number of urea groups is 1. The van der Waals surface area contributed by atoms with E-state index in [1.54, 1.807) is 13.0 Å². The van der Waals surface area contributed by atoms with E-state index < -0.39 is 58.9 Å². The summed E-state index contributed by atoms with van der Waals surface area (Å²) in [6.45, 7) is 7.35. The van der Waals surface area contributed by atoms with Crippen molar-refractivity contribution in [3.8, 4) is 0 Å². The van der Waals surface area contributed by atoms with Crippen molar-refractivity contribution < 1.29 is 68.1 Å². The maximum absolute atomic E-state index is 13.3. The molecule has 1 heterocycles. The Hall–Kier alpha value is -5.79. The van der Waals surface area contributed by atoms with Crippen LogP contribution in [-0.2, 0) is 53.2 Å². The van der Waals surface area contributed by atoms with Gasteiger partial charge in [0.05, 0.1) is 48.7 Å². The zero-order chi connectivity index (χ0) is 54.8. The van der Waals surface area contributed by atoms with Crippen LogP contribution in [0.4, 0.5) is 44.3 Å². The summed E-state index contributed by atoms with van der Waals surface area (Å²) in [5.74, 6) is 0.666. The average molecular weight is 1060 g/mol. The standard InChI is InChI=1S/C28H32F6N2O4.C28H33F3N2O2/c1-18(19-12-21(27(29,30)31)14-22(13-19)28(32,33)34)40-17-26(20-6-4-3-5-7-20)10-8-23(9-11-26)36-25(38)35-15-24(37)16-39-2;1-4-25-32-17-26(34)33(25)24-10-12-27(13-11-24,22-8-6-5-7-9-22)18-35-20(3)21-14-19(2)15-23(16-21)28(29,30)31/h3-7,12-14,18,23H,8-11,15-17H2,1-2H3,(H2,35,36,38);5-9,14-16,20,24H,4,10-13,17-18H2,1-3H3/t18-,23?,26?;20-,24?,27?/m11/s1. The molecule has 4 aromatic carbocycles. The largest absolute Gasteiger partial charge is 0.416 e. The summed E-state index contributed by atoms with van der Waals surface area (Å²) in [5, 5.41) is 5.33. The number of amidine groups is 1. The van der Waals surface area contributed by atoms with E-state index in [1.807, 2.05) is 67.3 Å². The highest BCUT2D eigenvalue weighted by molar-refractivity contribution is 6.04. The molecule has 408 valence electrons. The van der Waals surface area contributed by atoms with Crippen LogP contribution in [-0.4, -0.2) is 80.6 Å². The lowest BCUT2D eigenvalue weighted by atomic mass is 9.68. The minimum atomic E-state index is -4.95. The third-order valence-electron chi connectivity index (χ3n) is 14.5. The van der Waals surface area contributed by atoms with Crippen molar-refractivity contribution in [1.82, 2.24) is 15.5 Å². The minimum absolute atomic E-state index is 0.0558. The lowest BCUT2D eigenvalue weighted by Crippen LogP contribution is -2.48. The molecular weight excluding hydrogens is 996 g/mol. The van der Waals surface area contributed by atoms with Gasteiger partial charge in [0.1, 0.15) is 19.0 Å². The Kier molecular flexibility index (Phi) is 19.4. The Morgan fingerprint density at radius 2 is 1.15 bits per heavy atom. The molecule has 0 radical (unpaired) electrons. The third kappa shape index (κ3) is 15.4. The highest BCUT2D eigenvalue weighted by Gasteiger charge is 2.43. The lowest BCUT2D eigenvalue weighted by molar-refractivity contribution is -0.143. The number of carbonyl (C=O) groups excluding carboxylic acids is 3. The number of benzene rings is 4. The van der Waals surface area contributed by atoms with E-state index in [1.165, 1.54) is 25.7 Å². The van der Waals surface area contributed by atoms with Crippen LogP contribution in [0.25, 0.3) is 0 Å². The van der Waals surface area contributed by atoms with Crippen molar-refractivity contribution in [2.45, 2.75) is 139 Å². The molecule has 2 fully saturated rings. The van der Waals surface area contributed by atoms with Crippen molar-refractivity contribution in [2.75, 3.05) is 40.0 Å². The first-order valence-electron chi connectivity index (χ1n) is 25.1. The van der Waals surface area contributed by atoms with Crippen LogP contribution in [0.15, 0.2) is 102 Å². The first kappa shape index (κ1) is 58.5. The summed E-state index contributed by atoms with van der Waals surface area (Å²) < 4.78 is 137. The van der Waals surface area contributed by atoms with E-state index in [-0.39, 0.29) is 67.1 Å². The summed E-state index contributed by atoms with van der Waals surface area (Å²) in [7, 11) is 1.38. The predicted octanol–water partition coefficient (Wildman–Crippen LogP) is 12.8.